The highest BCUT2D eigenvalue weighted by atomic mass is 19.4. The number of alkyl halides is 6. The highest BCUT2D eigenvalue weighted by molar-refractivity contribution is 5.98. The monoisotopic (exact) mass is 342 g/mol. The number of amides is 1. The third-order valence-electron chi connectivity index (χ3n) is 3.18. The second-order valence-corrected chi connectivity index (χ2v) is 4.78. The Hall–Kier alpha value is -1.97. The van der Waals surface area contributed by atoms with E-state index in [2.05, 4.69) is 0 Å². The summed E-state index contributed by atoms with van der Waals surface area (Å²) >= 11 is 0. The summed E-state index contributed by atoms with van der Waals surface area (Å²) in [6.07, 6.45) is -9.93. The Balaban J connectivity index is 2.38. The summed E-state index contributed by atoms with van der Waals surface area (Å²) in [5, 5.41) is 1.51. The molecule has 1 heterocycles. The van der Waals surface area contributed by atoms with Gasteiger partial charge in [0.15, 0.2) is 0 Å². The summed E-state index contributed by atoms with van der Waals surface area (Å²) in [5.74, 6) is -2.33. The van der Waals surface area contributed by atoms with Crippen LogP contribution in [0.1, 0.15) is 5.56 Å². The average molecular weight is 342 g/mol. The highest BCUT2D eigenvalue weighted by Crippen LogP contribution is 2.36. The number of anilines is 2. The standard InChI is InChI=1S/C13H12F6N2O2/c14-12(15,16)8-1-2-10(21-3-5-23-6-4-21)9(7-8)20-11(22)13(17,18)19/h1-2,7H,3-6H2,(H,20,22). The number of carbonyl (C=O) groups is 1. The minimum Gasteiger partial charge on any atom is -0.378 e. The van der Waals surface area contributed by atoms with Crippen molar-refractivity contribution < 1.29 is 35.9 Å². The fourth-order valence-corrected chi connectivity index (χ4v) is 2.09. The van der Waals surface area contributed by atoms with Crippen molar-refractivity contribution in [3.05, 3.63) is 23.8 Å². The Morgan fingerprint density at radius 1 is 1.09 bits per heavy atom. The molecule has 0 aromatic heterocycles. The van der Waals surface area contributed by atoms with E-state index in [1.165, 1.54) is 5.32 Å². The van der Waals surface area contributed by atoms with Crippen molar-refractivity contribution in [1.29, 1.82) is 0 Å². The molecule has 0 bridgehead atoms. The number of hydrogen-bond donors (Lipinski definition) is 1. The predicted molar refractivity (Wildman–Crippen MR) is 69.2 cm³/mol. The molecule has 0 atom stereocenters. The molecule has 23 heavy (non-hydrogen) atoms. The summed E-state index contributed by atoms with van der Waals surface area (Å²) in [7, 11) is 0. The lowest BCUT2D eigenvalue weighted by atomic mass is 10.1. The van der Waals surface area contributed by atoms with Gasteiger partial charge in [-0.2, -0.15) is 26.3 Å². The molecule has 10 heteroatoms. The first-order valence-corrected chi connectivity index (χ1v) is 6.51. The first-order valence-electron chi connectivity index (χ1n) is 6.51. The molecule has 2 rings (SSSR count). The summed E-state index contributed by atoms with van der Waals surface area (Å²) in [4.78, 5) is 12.6. The number of nitrogens with zero attached hydrogens (tertiary/aromatic N) is 1. The number of rotatable bonds is 2. The molecule has 1 N–H and O–H groups in total. The van der Waals surface area contributed by atoms with Gasteiger partial charge in [0, 0.05) is 13.1 Å². The van der Waals surface area contributed by atoms with Crippen molar-refractivity contribution in [3.63, 3.8) is 0 Å². The lowest BCUT2D eigenvalue weighted by molar-refractivity contribution is -0.167. The number of halogens is 6. The van der Waals surface area contributed by atoms with Gasteiger partial charge in [-0.15, -0.1) is 0 Å². The fraction of sp³-hybridized carbons (Fsp3) is 0.462. The molecule has 0 radical (unpaired) electrons. The van der Waals surface area contributed by atoms with E-state index in [9.17, 15) is 31.1 Å². The third-order valence-corrected chi connectivity index (χ3v) is 3.18. The molecule has 1 aromatic rings. The van der Waals surface area contributed by atoms with E-state index in [1.54, 1.807) is 4.90 Å². The number of benzene rings is 1. The van der Waals surface area contributed by atoms with Crippen LogP contribution in [0.2, 0.25) is 0 Å². The second-order valence-electron chi connectivity index (χ2n) is 4.78. The van der Waals surface area contributed by atoms with E-state index in [0.29, 0.717) is 19.2 Å². The molecule has 0 aliphatic carbocycles. The van der Waals surface area contributed by atoms with Gasteiger partial charge < -0.3 is 15.0 Å². The molecule has 4 nitrogen and oxygen atoms in total. The van der Waals surface area contributed by atoms with E-state index >= 15 is 0 Å². The van der Waals surface area contributed by atoms with Gasteiger partial charge in [-0.05, 0) is 18.2 Å². The zero-order valence-corrected chi connectivity index (χ0v) is 11.6. The fourth-order valence-electron chi connectivity index (χ4n) is 2.09. The van der Waals surface area contributed by atoms with Crippen LogP contribution in [0.15, 0.2) is 18.2 Å². The molecule has 0 spiro atoms. The quantitative estimate of drug-likeness (QED) is 0.840. The number of hydrogen-bond acceptors (Lipinski definition) is 3. The molecule has 0 saturated carbocycles. The maximum Gasteiger partial charge on any atom is 0.471 e. The summed E-state index contributed by atoms with van der Waals surface area (Å²) in [6.45, 7) is 1.15. The average Bonchev–Trinajstić information content (AvgIpc) is 2.46. The Labute approximate surface area is 127 Å². The molecule has 1 aromatic carbocycles. The van der Waals surface area contributed by atoms with Gasteiger partial charge >= 0.3 is 18.3 Å². The van der Waals surface area contributed by atoms with Crippen LogP contribution in [0.3, 0.4) is 0 Å². The van der Waals surface area contributed by atoms with Crippen LogP contribution in [-0.2, 0) is 15.7 Å². The van der Waals surface area contributed by atoms with Crippen LogP contribution in [0, 0.1) is 0 Å². The maximum atomic E-state index is 12.7. The van der Waals surface area contributed by atoms with Crippen LogP contribution in [-0.4, -0.2) is 38.4 Å². The van der Waals surface area contributed by atoms with Crippen LogP contribution < -0.4 is 10.2 Å². The summed E-state index contributed by atoms with van der Waals surface area (Å²) < 4.78 is 80.4. The Bertz CT molecular complexity index is 579. The zero-order chi connectivity index (χ0) is 17.3. The number of ether oxygens (including phenoxy) is 1. The number of morpholine rings is 1. The smallest absolute Gasteiger partial charge is 0.378 e. The lowest BCUT2D eigenvalue weighted by Gasteiger charge is -2.31. The first kappa shape index (κ1) is 17.4. The van der Waals surface area contributed by atoms with Crippen molar-refractivity contribution in [1.82, 2.24) is 0 Å². The van der Waals surface area contributed by atoms with E-state index in [0.717, 1.165) is 12.1 Å². The van der Waals surface area contributed by atoms with Gasteiger partial charge in [0.2, 0.25) is 0 Å². The van der Waals surface area contributed by atoms with Crippen molar-refractivity contribution in [3.8, 4) is 0 Å². The lowest BCUT2D eigenvalue weighted by Crippen LogP contribution is -2.37. The van der Waals surface area contributed by atoms with Crippen molar-refractivity contribution in [2.45, 2.75) is 12.4 Å². The molecule has 0 unspecified atom stereocenters. The van der Waals surface area contributed by atoms with E-state index in [4.69, 9.17) is 4.74 Å². The summed E-state index contributed by atoms with van der Waals surface area (Å²) in [5.41, 5.74) is -1.60. The largest absolute Gasteiger partial charge is 0.471 e. The van der Waals surface area contributed by atoms with Crippen molar-refractivity contribution in [2.24, 2.45) is 0 Å². The molecule has 1 saturated heterocycles. The second kappa shape index (κ2) is 6.26. The number of carbonyl (C=O) groups excluding carboxylic acids is 1. The first-order chi connectivity index (χ1) is 10.6. The van der Waals surface area contributed by atoms with Gasteiger partial charge in [0.25, 0.3) is 0 Å². The normalized spacial score (nSPS) is 16.3. The van der Waals surface area contributed by atoms with Gasteiger partial charge in [-0.25, -0.2) is 0 Å². The topological polar surface area (TPSA) is 41.6 Å². The van der Waals surface area contributed by atoms with E-state index in [-0.39, 0.29) is 18.9 Å². The van der Waals surface area contributed by atoms with E-state index < -0.39 is 29.5 Å². The van der Waals surface area contributed by atoms with Crippen LogP contribution in [0.25, 0.3) is 0 Å². The van der Waals surface area contributed by atoms with Gasteiger partial charge in [0.1, 0.15) is 0 Å². The van der Waals surface area contributed by atoms with Crippen LogP contribution >= 0.6 is 0 Å². The van der Waals surface area contributed by atoms with Gasteiger partial charge in [0.05, 0.1) is 30.2 Å². The van der Waals surface area contributed by atoms with Crippen molar-refractivity contribution >= 4 is 17.3 Å². The van der Waals surface area contributed by atoms with E-state index in [1.807, 2.05) is 0 Å². The SMILES string of the molecule is O=C(Nc1cc(C(F)(F)F)ccc1N1CCOCC1)C(F)(F)F. The van der Waals surface area contributed by atoms with Crippen LogP contribution in [0.4, 0.5) is 37.7 Å². The number of nitrogens with one attached hydrogen (secondary N) is 1. The molecular weight excluding hydrogens is 330 g/mol. The highest BCUT2D eigenvalue weighted by Gasteiger charge is 2.40. The van der Waals surface area contributed by atoms with Crippen molar-refractivity contribution in [2.75, 3.05) is 36.5 Å². The Morgan fingerprint density at radius 3 is 2.22 bits per heavy atom. The molecule has 1 fully saturated rings. The third kappa shape index (κ3) is 4.27. The Morgan fingerprint density at radius 2 is 1.70 bits per heavy atom. The predicted octanol–water partition coefficient (Wildman–Crippen LogP) is 3.04. The Kier molecular flexibility index (Phi) is 4.73. The minimum atomic E-state index is -5.20. The minimum absolute atomic E-state index is 0.0823. The molecular formula is C13H12F6N2O2. The molecule has 1 aliphatic rings. The van der Waals surface area contributed by atoms with Crippen LogP contribution in [0.5, 0.6) is 0 Å². The maximum absolute atomic E-state index is 12.7. The molecule has 128 valence electrons. The summed E-state index contributed by atoms with van der Waals surface area (Å²) in [6, 6.07) is 2.29. The molecule has 1 aliphatic heterocycles. The van der Waals surface area contributed by atoms with Gasteiger partial charge in [-0.1, -0.05) is 0 Å². The van der Waals surface area contributed by atoms with Gasteiger partial charge in [-0.3, -0.25) is 4.79 Å². The molecule has 1 amide bonds. The zero-order valence-electron chi connectivity index (χ0n) is 11.6.